The number of likely N-dealkylation sites (tertiary alicyclic amines) is 1. The Labute approximate surface area is 144 Å². The summed E-state index contributed by atoms with van der Waals surface area (Å²) in [6.07, 6.45) is 10.4. The van der Waals surface area contributed by atoms with Gasteiger partial charge in [-0.2, -0.15) is 0 Å². The summed E-state index contributed by atoms with van der Waals surface area (Å²) in [4.78, 5) is 28.4. The molecule has 0 saturated carbocycles. The fraction of sp³-hybridized carbons (Fsp3) is 0.278. The van der Waals surface area contributed by atoms with E-state index in [0.29, 0.717) is 0 Å². The third-order valence-corrected chi connectivity index (χ3v) is 5.46. The molecule has 3 aromatic rings. The Bertz CT molecular complexity index is 813. The lowest BCUT2D eigenvalue weighted by atomic mass is 9.96. The van der Waals surface area contributed by atoms with E-state index in [0.717, 1.165) is 46.9 Å². The summed E-state index contributed by atoms with van der Waals surface area (Å²) in [7, 11) is 0. The van der Waals surface area contributed by atoms with Gasteiger partial charge in [0.1, 0.15) is 5.82 Å². The molecule has 0 aromatic carbocycles. The summed E-state index contributed by atoms with van der Waals surface area (Å²) in [6.45, 7) is 0.798. The normalized spacial score (nSPS) is 17.8. The molecule has 1 saturated heterocycles. The molecular formula is C18H18N4OS. The highest BCUT2D eigenvalue weighted by Crippen LogP contribution is 2.34. The minimum absolute atomic E-state index is 0.103. The van der Waals surface area contributed by atoms with E-state index < -0.39 is 0 Å². The average Bonchev–Trinajstić information content (AvgIpc) is 3.33. The van der Waals surface area contributed by atoms with Gasteiger partial charge in [-0.15, -0.1) is 11.3 Å². The van der Waals surface area contributed by atoms with Gasteiger partial charge in [0.15, 0.2) is 0 Å². The van der Waals surface area contributed by atoms with Crippen LogP contribution in [-0.4, -0.2) is 32.3 Å². The number of thiophene rings is 1. The summed E-state index contributed by atoms with van der Waals surface area (Å²) < 4.78 is 0. The van der Waals surface area contributed by atoms with Crippen LogP contribution >= 0.6 is 11.3 Å². The molecule has 0 bridgehead atoms. The van der Waals surface area contributed by atoms with Crippen LogP contribution in [0.1, 0.15) is 40.5 Å². The zero-order chi connectivity index (χ0) is 16.4. The summed E-state index contributed by atoms with van der Waals surface area (Å²) in [5.74, 6) is 0.910. The fourth-order valence-corrected chi connectivity index (χ4v) is 4.14. The molecule has 1 amide bonds. The lowest BCUT2D eigenvalue weighted by Gasteiger charge is -2.35. The summed E-state index contributed by atoms with van der Waals surface area (Å²) in [5, 5.41) is 0. The molecule has 1 fully saturated rings. The second kappa shape index (κ2) is 6.57. The second-order valence-electron chi connectivity index (χ2n) is 5.90. The smallest absolute Gasteiger partial charge is 0.264 e. The highest BCUT2D eigenvalue weighted by molar-refractivity contribution is 7.17. The molecule has 122 valence electrons. The van der Waals surface area contributed by atoms with Gasteiger partial charge >= 0.3 is 0 Å². The number of carbonyl (C=O) groups is 1. The van der Waals surface area contributed by atoms with Crippen molar-refractivity contribution in [1.29, 1.82) is 0 Å². The van der Waals surface area contributed by atoms with Gasteiger partial charge in [0, 0.05) is 31.3 Å². The molecule has 4 heterocycles. The Hall–Kier alpha value is -2.47. The molecule has 3 aromatic heterocycles. The van der Waals surface area contributed by atoms with Gasteiger partial charge in [-0.3, -0.25) is 9.78 Å². The maximum absolute atomic E-state index is 13.1. The highest BCUT2D eigenvalue weighted by Gasteiger charge is 2.29. The quantitative estimate of drug-likeness (QED) is 0.788. The number of nitrogens with zero attached hydrogens (tertiary/aromatic N) is 3. The van der Waals surface area contributed by atoms with Crippen molar-refractivity contribution in [2.24, 2.45) is 0 Å². The molecule has 6 heteroatoms. The van der Waals surface area contributed by atoms with E-state index in [1.54, 1.807) is 18.6 Å². The zero-order valence-electron chi connectivity index (χ0n) is 13.2. The van der Waals surface area contributed by atoms with Gasteiger partial charge in [0.25, 0.3) is 5.91 Å². The number of aromatic nitrogens is 3. The monoisotopic (exact) mass is 338 g/mol. The second-order valence-corrected chi connectivity index (χ2v) is 6.98. The molecule has 1 aliphatic heterocycles. The molecule has 5 nitrogen and oxygen atoms in total. The number of nitrogens with one attached hydrogen (secondary N) is 1. The van der Waals surface area contributed by atoms with Gasteiger partial charge in [-0.05, 0) is 43.0 Å². The molecule has 1 aliphatic rings. The van der Waals surface area contributed by atoms with Crippen molar-refractivity contribution in [2.75, 3.05) is 6.54 Å². The number of piperidine rings is 1. The molecule has 24 heavy (non-hydrogen) atoms. The first-order valence-corrected chi connectivity index (χ1v) is 8.95. The molecular weight excluding hydrogens is 320 g/mol. The lowest BCUT2D eigenvalue weighted by Crippen LogP contribution is -2.38. The first kappa shape index (κ1) is 15.1. The van der Waals surface area contributed by atoms with Crippen molar-refractivity contribution in [1.82, 2.24) is 19.9 Å². The van der Waals surface area contributed by atoms with E-state index >= 15 is 0 Å². The van der Waals surface area contributed by atoms with Crippen LogP contribution in [0.4, 0.5) is 0 Å². The number of rotatable bonds is 3. The van der Waals surface area contributed by atoms with E-state index in [9.17, 15) is 4.79 Å². The topological polar surface area (TPSA) is 61.9 Å². The van der Waals surface area contributed by atoms with Crippen LogP contribution in [0, 0.1) is 0 Å². The maximum atomic E-state index is 13.1. The largest absolute Gasteiger partial charge is 0.344 e. The highest BCUT2D eigenvalue weighted by atomic mass is 32.1. The average molecular weight is 338 g/mol. The summed E-state index contributed by atoms with van der Waals surface area (Å²) in [6, 6.07) is 7.98. The lowest BCUT2D eigenvalue weighted by molar-refractivity contribution is 0.0616. The van der Waals surface area contributed by atoms with Gasteiger partial charge in [0.05, 0.1) is 15.8 Å². The van der Waals surface area contributed by atoms with E-state index in [1.165, 1.54) is 11.3 Å². The minimum atomic E-state index is 0.103. The van der Waals surface area contributed by atoms with Crippen LogP contribution < -0.4 is 0 Å². The van der Waals surface area contributed by atoms with Gasteiger partial charge in [-0.25, -0.2) is 4.98 Å². The van der Waals surface area contributed by atoms with Crippen LogP contribution in [-0.2, 0) is 0 Å². The van der Waals surface area contributed by atoms with Gasteiger partial charge in [0.2, 0.25) is 0 Å². The first-order valence-electron chi connectivity index (χ1n) is 8.13. The summed E-state index contributed by atoms with van der Waals surface area (Å²) in [5.41, 5.74) is 1.12. The van der Waals surface area contributed by atoms with E-state index in [4.69, 9.17) is 0 Å². The number of H-pyrrole nitrogens is 1. The third kappa shape index (κ3) is 2.85. The van der Waals surface area contributed by atoms with Gasteiger partial charge in [-0.1, -0.05) is 6.07 Å². The fourth-order valence-electron chi connectivity index (χ4n) is 3.22. The van der Waals surface area contributed by atoms with E-state index in [-0.39, 0.29) is 11.9 Å². The van der Waals surface area contributed by atoms with Crippen LogP contribution in [0.2, 0.25) is 0 Å². The van der Waals surface area contributed by atoms with Crippen molar-refractivity contribution in [3.63, 3.8) is 0 Å². The Balaban J connectivity index is 1.60. The number of amides is 1. The SMILES string of the molecule is O=C(c1ccc(-c2ncc[nH]2)s1)N1CCCCC1c1cccnc1. The number of aromatic amines is 1. The number of hydrogen-bond acceptors (Lipinski definition) is 4. The Morgan fingerprint density at radius 3 is 3.00 bits per heavy atom. The predicted octanol–water partition coefficient (Wildman–Crippen LogP) is 3.90. The Morgan fingerprint density at radius 2 is 2.21 bits per heavy atom. The Kier molecular flexibility index (Phi) is 4.13. The van der Waals surface area contributed by atoms with Crippen LogP contribution in [0.25, 0.3) is 10.7 Å². The number of imidazole rings is 1. The first-order chi connectivity index (χ1) is 11.8. The molecule has 0 aliphatic carbocycles. The molecule has 1 atom stereocenters. The van der Waals surface area contributed by atoms with Gasteiger partial charge < -0.3 is 9.88 Å². The number of hydrogen-bond donors (Lipinski definition) is 1. The van der Waals surface area contributed by atoms with Crippen LogP contribution in [0.5, 0.6) is 0 Å². The number of pyridine rings is 1. The molecule has 0 radical (unpaired) electrons. The Morgan fingerprint density at radius 1 is 1.25 bits per heavy atom. The van der Waals surface area contributed by atoms with E-state index in [2.05, 4.69) is 21.0 Å². The van der Waals surface area contributed by atoms with Crippen molar-refractivity contribution in [3.05, 3.63) is 59.5 Å². The predicted molar refractivity (Wildman–Crippen MR) is 93.8 cm³/mol. The van der Waals surface area contributed by atoms with Crippen molar-refractivity contribution >= 4 is 17.2 Å². The van der Waals surface area contributed by atoms with Crippen LogP contribution in [0.15, 0.2) is 49.1 Å². The van der Waals surface area contributed by atoms with Crippen LogP contribution in [0.3, 0.4) is 0 Å². The number of carbonyl (C=O) groups excluding carboxylic acids is 1. The molecule has 1 N–H and O–H groups in total. The van der Waals surface area contributed by atoms with Crippen molar-refractivity contribution < 1.29 is 4.79 Å². The minimum Gasteiger partial charge on any atom is -0.344 e. The zero-order valence-corrected chi connectivity index (χ0v) is 14.0. The van der Waals surface area contributed by atoms with E-state index in [1.807, 2.05) is 29.3 Å². The van der Waals surface area contributed by atoms with Crippen molar-refractivity contribution in [3.8, 4) is 10.7 Å². The van der Waals surface area contributed by atoms with Crippen molar-refractivity contribution in [2.45, 2.75) is 25.3 Å². The molecule has 1 unspecified atom stereocenters. The third-order valence-electron chi connectivity index (χ3n) is 4.38. The summed E-state index contributed by atoms with van der Waals surface area (Å²) >= 11 is 1.49. The molecule has 0 spiro atoms. The maximum Gasteiger partial charge on any atom is 0.264 e. The molecule has 4 rings (SSSR count). The standard InChI is InChI=1S/C18H18N4OS/c23-18(16-7-6-15(24-16)17-20-9-10-21-17)22-11-2-1-5-14(22)13-4-3-8-19-12-13/h3-4,6-10,12,14H,1-2,5,11H2,(H,20,21).